The lowest BCUT2D eigenvalue weighted by molar-refractivity contribution is -0.138. The van der Waals surface area contributed by atoms with Gasteiger partial charge in [0.2, 0.25) is 0 Å². The van der Waals surface area contributed by atoms with Gasteiger partial charge in [-0.25, -0.2) is 0 Å². The number of carboxylic acids is 1. The number of fused-ring (bicyclic) bond motifs is 1. The SMILES string of the molecule is CC(C)(C)N(CC(=O)O)C(=O)c1cc2c(s1)CCC2. The summed E-state index contributed by atoms with van der Waals surface area (Å²) < 4.78 is 0. The summed E-state index contributed by atoms with van der Waals surface area (Å²) in [5.41, 5.74) is 0.765. The summed E-state index contributed by atoms with van der Waals surface area (Å²) in [6, 6.07) is 1.94. The Hall–Kier alpha value is -1.36. The van der Waals surface area contributed by atoms with Crippen molar-refractivity contribution < 1.29 is 14.7 Å². The van der Waals surface area contributed by atoms with E-state index < -0.39 is 11.5 Å². The van der Waals surface area contributed by atoms with Gasteiger partial charge >= 0.3 is 5.97 Å². The molecule has 104 valence electrons. The van der Waals surface area contributed by atoms with Gasteiger partial charge < -0.3 is 10.0 Å². The number of carbonyl (C=O) groups excluding carboxylic acids is 1. The lowest BCUT2D eigenvalue weighted by Crippen LogP contribution is -2.48. The van der Waals surface area contributed by atoms with Gasteiger partial charge in [0.1, 0.15) is 6.54 Å². The Morgan fingerprint density at radius 2 is 2.05 bits per heavy atom. The van der Waals surface area contributed by atoms with Crippen LogP contribution in [0.15, 0.2) is 6.07 Å². The third-order valence-electron chi connectivity index (χ3n) is 3.31. The van der Waals surface area contributed by atoms with Crippen molar-refractivity contribution >= 4 is 23.2 Å². The summed E-state index contributed by atoms with van der Waals surface area (Å²) in [5.74, 6) is -1.15. The van der Waals surface area contributed by atoms with Gasteiger partial charge in [0, 0.05) is 10.4 Å². The second kappa shape index (κ2) is 4.96. The van der Waals surface area contributed by atoms with Crippen molar-refractivity contribution in [3.8, 4) is 0 Å². The van der Waals surface area contributed by atoms with Crippen molar-refractivity contribution in [1.29, 1.82) is 0 Å². The summed E-state index contributed by atoms with van der Waals surface area (Å²) in [4.78, 5) is 26.8. The normalized spacial score (nSPS) is 14.3. The third-order valence-corrected chi connectivity index (χ3v) is 4.53. The summed E-state index contributed by atoms with van der Waals surface area (Å²) in [6.07, 6.45) is 3.24. The van der Waals surface area contributed by atoms with E-state index in [2.05, 4.69) is 0 Å². The van der Waals surface area contributed by atoms with E-state index in [1.165, 1.54) is 26.7 Å². The number of hydrogen-bond donors (Lipinski definition) is 1. The lowest BCUT2D eigenvalue weighted by Gasteiger charge is -2.34. The molecule has 0 saturated carbocycles. The molecule has 1 amide bonds. The number of carboxylic acid groups (broad SMARTS) is 1. The van der Waals surface area contributed by atoms with Gasteiger partial charge in [-0.05, 0) is 51.7 Å². The zero-order valence-electron chi connectivity index (χ0n) is 11.5. The molecule has 1 aliphatic carbocycles. The van der Waals surface area contributed by atoms with Gasteiger partial charge in [0.15, 0.2) is 0 Å². The number of hydrogen-bond acceptors (Lipinski definition) is 3. The first-order valence-corrected chi connectivity index (χ1v) is 7.26. The number of rotatable bonds is 3. The van der Waals surface area contributed by atoms with Crippen LogP contribution in [-0.2, 0) is 17.6 Å². The van der Waals surface area contributed by atoms with Crippen LogP contribution < -0.4 is 0 Å². The highest BCUT2D eigenvalue weighted by molar-refractivity contribution is 7.14. The molecule has 0 bridgehead atoms. The largest absolute Gasteiger partial charge is 0.480 e. The molecule has 5 heteroatoms. The Bertz CT molecular complexity index is 492. The van der Waals surface area contributed by atoms with Crippen LogP contribution in [0.4, 0.5) is 0 Å². The first-order valence-electron chi connectivity index (χ1n) is 6.44. The maximum Gasteiger partial charge on any atom is 0.323 e. The molecule has 19 heavy (non-hydrogen) atoms. The van der Waals surface area contributed by atoms with Crippen molar-refractivity contribution in [2.24, 2.45) is 0 Å². The van der Waals surface area contributed by atoms with Gasteiger partial charge in [0.25, 0.3) is 5.91 Å². The van der Waals surface area contributed by atoms with Crippen LogP contribution in [0.1, 0.15) is 47.3 Å². The Kier molecular flexibility index (Phi) is 3.67. The Morgan fingerprint density at radius 3 is 2.58 bits per heavy atom. The first kappa shape index (κ1) is 14.1. The third kappa shape index (κ3) is 2.97. The summed E-state index contributed by atoms with van der Waals surface area (Å²) in [5, 5.41) is 8.97. The molecule has 0 saturated heterocycles. The molecule has 0 spiro atoms. The second-order valence-corrected chi connectivity index (χ2v) is 7.01. The smallest absolute Gasteiger partial charge is 0.323 e. The molecule has 1 N–H and O–H groups in total. The summed E-state index contributed by atoms with van der Waals surface area (Å²) in [6.45, 7) is 5.31. The van der Waals surface area contributed by atoms with Crippen molar-refractivity contribution in [3.05, 3.63) is 21.4 Å². The minimum absolute atomic E-state index is 0.172. The number of aliphatic carboxylic acids is 1. The molecule has 0 aromatic carbocycles. The second-order valence-electron chi connectivity index (χ2n) is 5.87. The molecule has 1 aliphatic rings. The average molecular weight is 281 g/mol. The van der Waals surface area contributed by atoms with E-state index >= 15 is 0 Å². The molecule has 0 fully saturated rings. The molecule has 1 aromatic heterocycles. The van der Waals surface area contributed by atoms with E-state index in [9.17, 15) is 9.59 Å². The number of amides is 1. The molecule has 0 atom stereocenters. The number of thiophene rings is 1. The summed E-state index contributed by atoms with van der Waals surface area (Å²) in [7, 11) is 0. The van der Waals surface area contributed by atoms with Gasteiger partial charge in [-0.2, -0.15) is 0 Å². The molecule has 0 unspecified atom stereocenters. The van der Waals surface area contributed by atoms with Gasteiger partial charge in [0.05, 0.1) is 4.88 Å². The van der Waals surface area contributed by atoms with Gasteiger partial charge in [-0.1, -0.05) is 0 Å². The van der Waals surface area contributed by atoms with Crippen LogP contribution in [0.25, 0.3) is 0 Å². The molecular formula is C14H19NO3S. The van der Waals surface area contributed by atoms with Crippen molar-refractivity contribution in [3.63, 3.8) is 0 Å². The van der Waals surface area contributed by atoms with E-state index in [-0.39, 0.29) is 12.5 Å². The highest BCUT2D eigenvalue weighted by Crippen LogP contribution is 2.32. The minimum Gasteiger partial charge on any atom is -0.480 e. The highest BCUT2D eigenvalue weighted by Gasteiger charge is 2.31. The maximum atomic E-state index is 12.5. The van der Waals surface area contributed by atoms with E-state index in [0.717, 1.165) is 19.3 Å². The van der Waals surface area contributed by atoms with E-state index in [1.54, 1.807) is 0 Å². The van der Waals surface area contributed by atoms with Crippen LogP contribution in [0, 0.1) is 0 Å². The maximum absolute atomic E-state index is 12.5. The fourth-order valence-electron chi connectivity index (χ4n) is 2.32. The molecule has 4 nitrogen and oxygen atoms in total. The van der Waals surface area contributed by atoms with Crippen LogP contribution in [0.5, 0.6) is 0 Å². The molecular weight excluding hydrogens is 262 g/mol. The van der Waals surface area contributed by atoms with Gasteiger partial charge in [-0.3, -0.25) is 9.59 Å². The zero-order valence-corrected chi connectivity index (χ0v) is 12.3. The predicted molar refractivity (Wildman–Crippen MR) is 74.8 cm³/mol. The average Bonchev–Trinajstić information content (AvgIpc) is 2.82. The molecule has 2 rings (SSSR count). The Morgan fingerprint density at radius 1 is 1.37 bits per heavy atom. The zero-order chi connectivity index (χ0) is 14.2. The van der Waals surface area contributed by atoms with Crippen LogP contribution in [0.2, 0.25) is 0 Å². The van der Waals surface area contributed by atoms with Crippen LogP contribution >= 0.6 is 11.3 Å². The Labute approximate surface area is 117 Å². The van der Waals surface area contributed by atoms with Crippen LogP contribution in [0.3, 0.4) is 0 Å². The number of nitrogens with zero attached hydrogens (tertiary/aromatic N) is 1. The quantitative estimate of drug-likeness (QED) is 0.926. The van der Waals surface area contributed by atoms with Gasteiger partial charge in [-0.15, -0.1) is 11.3 Å². The topological polar surface area (TPSA) is 57.6 Å². The van der Waals surface area contributed by atoms with E-state index in [0.29, 0.717) is 4.88 Å². The fraction of sp³-hybridized carbons (Fsp3) is 0.571. The monoisotopic (exact) mass is 281 g/mol. The van der Waals surface area contributed by atoms with E-state index in [1.807, 2.05) is 26.8 Å². The van der Waals surface area contributed by atoms with E-state index in [4.69, 9.17) is 5.11 Å². The molecule has 1 aromatic rings. The Balaban J connectivity index is 2.25. The first-order chi connectivity index (χ1) is 8.79. The molecule has 1 heterocycles. The highest BCUT2D eigenvalue weighted by atomic mass is 32.1. The number of carbonyl (C=O) groups is 2. The van der Waals surface area contributed by atoms with Crippen molar-refractivity contribution in [2.45, 2.75) is 45.6 Å². The fourth-order valence-corrected chi connectivity index (χ4v) is 3.52. The summed E-state index contributed by atoms with van der Waals surface area (Å²) >= 11 is 1.52. The standard InChI is InChI=1S/C14H19NO3S/c1-14(2,3)15(8-12(16)17)13(18)11-7-9-5-4-6-10(9)19-11/h7H,4-6,8H2,1-3H3,(H,16,17). The van der Waals surface area contributed by atoms with Crippen molar-refractivity contribution in [1.82, 2.24) is 4.90 Å². The lowest BCUT2D eigenvalue weighted by atomic mass is 10.1. The van der Waals surface area contributed by atoms with Crippen LogP contribution in [-0.4, -0.2) is 34.0 Å². The minimum atomic E-state index is -0.979. The van der Waals surface area contributed by atoms with Crippen molar-refractivity contribution in [2.75, 3.05) is 6.54 Å². The molecule has 0 radical (unpaired) electrons. The molecule has 0 aliphatic heterocycles. The predicted octanol–water partition coefficient (Wildman–Crippen LogP) is 2.56. The number of aryl methyl sites for hydroxylation is 2.